The van der Waals surface area contributed by atoms with Crippen molar-refractivity contribution in [2.45, 2.75) is 13.5 Å². The SMILES string of the molecule is CN=C(NCCNC(=O)c1cccc(OC)c1)NCc1sccc1C. The number of hydrogen-bond donors (Lipinski definition) is 3. The summed E-state index contributed by atoms with van der Waals surface area (Å²) in [6.45, 7) is 3.91. The van der Waals surface area contributed by atoms with Gasteiger partial charge in [0.05, 0.1) is 13.7 Å². The summed E-state index contributed by atoms with van der Waals surface area (Å²) in [7, 11) is 3.31. The molecule has 3 N–H and O–H groups in total. The van der Waals surface area contributed by atoms with E-state index in [-0.39, 0.29) is 5.91 Å². The summed E-state index contributed by atoms with van der Waals surface area (Å²) in [4.78, 5) is 17.6. The number of carbonyl (C=O) groups excluding carboxylic acids is 1. The Balaban J connectivity index is 1.71. The number of hydrogen-bond acceptors (Lipinski definition) is 4. The van der Waals surface area contributed by atoms with Gasteiger partial charge in [0.2, 0.25) is 0 Å². The van der Waals surface area contributed by atoms with Gasteiger partial charge in [0, 0.05) is 30.6 Å². The average Bonchev–Trinajstić information content (AvgIpc) is 3.06. The van der Waals surface area contributed by atoms with E-state index in [9.17, 15) is 4.79 Å². The van der Waals surface area contributed by atoms with Gasteiger partial charge in [-0.2, -0.15) is 0 Å². The van der Waals surface area contributed by atoms with E-state index >= 15 is 0 Å². The monoisotopic (exact) mass is 360 g/mol. The third kappa shape index (κ3) is 5.79. The molecular weight excluding hydrogens is 336 g/mol. The maximum atomic E-state index is 12.1. The van der Waals surface area contributed by atoms with Crippen LogP contribution < -0.4 is 20.7 Å². The first-order valence-corrected chi connectivity index (χ1v) is 8.91. The highest BCUT2D eigenvalue weighted by Gasteiger charge is 2.06. The van der Waals surface area contributed by atoms with Crippen LogP contribution in [0.1, 0.15) is 20.8 Å². The summed E-state index contributed by atoms with van der Waals surface area (Å²) in [5.41, 5.74) is 1.86. The first kappa shape index (κ1) is 18.8. The third-order valence-corrected chi connectivity index (χ3v) is 4.67. The Kier molecular flexibility index (Phi) is 7.28. The van der Waals surface area contributed by atoms with Crippen molar-refractivity contribution in [2.24, 2.45) is 4.99 Å². The van der Waals surface area contributed by atoms with Gasteiger partial charge >= 0.3 is 0 Å². The van der Waals surface area contributed by atoms with Crippen molar-refractivity contribution in [1.82, 2.24) is 16.0 Å². The molecule has 134 valence electrons. The molecule has 0 aliphatic heterocycles. The van der Waals surface area contributed by atoms with Crippen LogP contribution in [0.4, 0.5) is 0 Å². The number of aryl methyl sites for hydroxylation is 1. The molecule has 0 atom stereocenters. The zero-order valence-corrected chi connectivity index (χ0v) is 15.6. The molecule has 2 aromatic rings. The topological polar surface area (TPSA) is 74.8 Å². The van der Waals surface area contributed by atoms with E-state index < -0.39 is 0 Å². The molecule has 1 amide bonds. The van der Waals surface area contributed by atoms with Crippen molar-refractivity contribution in [1.29, 1.82) is 0 Å². The van der Waals surface area contributed by atoms with E-state index in [2.05, 4.69) is 39.3 Å². The summed E-state index contributed by atoms with van der Waals surface area (Å²) in [6.07, 6.45) is 0. The summed E-state index contributed by atoms with van der Waals surface area (Å²) < 4.78 is 5.13. The van der Waals surface area contributed by atoms with Crippen molar-refractivity contribution in [3.8, 4) is 5.75 Å². The minimum absolute atomic E-state index is 0.127. The molecule has 7 heteroatoms. The van der Waals surface area contributed by atoms with Crippen molar-refractivity contribution >= 4 is 23.2 Å². The predicted molar refractivity (Wildman–Crippen MR) is 103 cm³/mol. The Morgan fingerprint density at radius 3 is 2.68 bits per heavy atom. The van der Waals surface area contributed by atoms with Crippen LogP contribution in [-0.4, -0.2) is 39.1 Å². The van der Waals surface area contributed by atoms with Gasteiger partial charge in [0.1, 0.15) is 5.75 Å². The van der Waals surface area contributed by atoms with Crippen LogP contribution >= 0.6 is 11.3 Å². The number of rotatable bonds is 7. The molecule has 0 fully saturated rings. The lowest BCUT2D eigenvalue weighted by molar-refractivity contribution is 0.0954. The molecule has 0 unspecified atom stereocenters. The molecule has 1 aromatic heterocycles. The molecule has 0 spiro atoms. The minimum atomic E-state index is -0.127. The van der Waals surface area contributed by atoms with Crippen LogP contribution in [0.15, 0.2) is 40.7 Å². The predicted octanol–water partition coefficient (Wildman–Crippen LogP) is 2.16. The van der Waals surface area contributed by atoms with Crippen LogP contribution in [0.2, 0.25) is 0 Å². The highest BCUT2D eigenvalue weighted by atomic mass is 32.1. The first-order valence-electron chi connectivity index (χ1n) is 8.03. The number of nitrogens with one attached hydrogen (secondary N) is 3. The van der Waals surface area contributed by atoms with E-state index in [1.807, 2.05) is 6.07 Å². The largest absolute Gasteiger partial charge is 0.497 e. The van der Waals surface area contributed by atoms with Crippen molar-refractivity contribution in [3.63, 3.8) is 0 Å². The molecular formula is C18H24N4O2S. The van der Waals surface area contributed by atoms with Gasteiger partial charge in [0.25, 0.3) is 5.91 Å². The Bertz CT molecular complexity index is 727. The number of carbonyl (C=O) groups is 1. The molecule has 0 aliphatic carbocycles. The van der Waals surface area contributed by atoms with Crippen LogP contribution in [0.5, 0.6) is 5.75 Å². The van der Waals surface area contributed by atoms with Gasteiger partial charge in [-0.3, -0.25) is 9.79 Å². The fourth-order valence-electron chi connectivity index (χ4n) is 2.19. The highest BCUT2D eigenvalue weighted by Crippen LogP contribution is 2.14. The lowest BCUT2D eigenvalue weighted by Gasteiger charge is -2.12. The average molecular weight is 360 g/mol. The van der Waals surface area contributed by atoms with Crippen LogP contribution in [0.25, 0.3) is 0 Å². The molecule has 1 heterocycles. The fraction of sp³-hybridized carbons (Fsp3) is 0.333. The van der Waals surface area contributed by atoms with Gasteiger partial charge in [0.15, 0.2) is 5.96 Å². The lowest BCUT2D eigenvalue weighted by Crippen LogP contribution is -2.41. The smallest absolute Gasteiger partial charge is 0.251 e. The number of aliphatic imine (C=N–C) groups is 1. The zero-order chi connectivity index (χ0) is 18.1. The maximum Gasteiger partial charge on any atom is 0.251 e. The van der Waals surface area contributed by atoms with Gasteiger partial charge in [-0.05, 0) is 42.1 Å². The molecule has 2 rings (SSSR count). The highest BCUT2D eigenvalue weighted by molar-refractivity contribution is 7.10. The minimum Gasteiger partial charge on any atom is -0.497 e. The number of benzene rings is 1. The third-order valence-electron chi connectivity index (χ3n) is 3.64. The second-order valence-corrected chi connectivity index (χ2v) is 6.37. The molecule has 0 bridgehead atoms. The molecule has 1 aromatic carbocycles. The standard InChI is InChI=1S/C18H24N4O2S/c1-13-7-10-25-16(13)12-22-18(19-2)21-9-8-20-17(23)14-5-4-6-15(11-14)24-3/h4-7,10-11H,8-9,12H2,1-3H3,(H,20,23)(H2,19,21,22). The normalized spacial score (nSPS) is 11.1. The second-order valence-electron chi connectivity index (χ2n) is 5.37. The van der Waals surface area contributed by atoms with Crippen molar-refractivity contribution in [2.75, 3.05) is 27.2 Å². The molecule has 6 nitrogen and oxygen atoms in total. The Morgan fingerprint density at radius 1 is 1.20 bits per heavy atom. The Morgan fingerprint density at radius 2 is 2.00 bits per heavy atom. The van der Waals surface area contributed by atoms with Crippen molar-refractivity contribution < 1.29 is 9.53 Å². The zero-order valence-electron chi connectivity index (χ0n) is 14.8. The fourth-order valence-corrected chi connectivity index (χ4v) is 3.04. The summed E-state index contributed by atoms with van der Waals surface area (Å²) in [5, 5.41) is 11.4. The summed E-state index contributed by atoms with van der Waals surface area (Å²) in [6, 6.07) is 9.18. The first-order chi connectivity index (χ1) is 12.1. The van der Waals surface area contributed by atoms with Gasteiger partial charge < -0.3 is 20.7 Å². The van der Waals surface area contributed by atoms with Crippen LogP contribution in [0, 0.1) is 6.92 Å². The molecule has 0 radical (unpaired) electrons. The summed E-state index contributed by atoms with van der Waals surface area (Å²) >= 11 is 1.72. The molecule has 0 saturated heterocycles. The van der Waals surface area contributed by atoms with Crippen molar-refractivity contribution in [3.05, 3.63) is 51.7 Å². The van der Waals surface area contributed by atoms with Crippen LogP contribution in [-0.2, 0) is 6.54 Å². The van der Waals surface area contributed by atoms with Gasteiger partial charge in [-0.25, -0.2) is 0 Å². The van der Waals surface area contributed by atoms with E-state index in [1.165, 1.54) is 10.4 Å². The Hall–Kier alpha value is -2.54. The lowest BCUT2D eigenvalue weighted by atomic mass is 10.2. The van der Waals surface area contributed by atoms with E-state index in [0.29, 0.717) is 30.4 Å². The quantitative estimate of drug-likeness (QED) is 0.402. The maximum absolute atomic E-state index is 12.1. The number of amides is 1. The number of methoxy groups -OCH3 is 1. The van der Waals surface area contributed by atoms with E-state index in [4.69, 9.17) is 4.74 Å². The summed E-state index contributed by atoms with van der Waals surface area (Å²) in [5.74, 6) is 1.25. The van der Waals surface area contributed by atoms with E-state index in [0.717, 1.165) is 6.54 Å². The molecule has 25 heavy (non-hydrogen) atoms. The van der Waals surface area contributed by atoms with Gasteiger partial charge in [-0.15, -0.1) is 11.3 Å². The number of ether oxygens (including phenoxy) is 1. The van der Waals surface area contributed by atoms with E-state index in [1.54, 1.807) is 43.7 Å². The molecule has 0 aliphatic rings. The van der Waals surface area contributed by atoms with Gasteiger partial charge in [-0.1, -0.05) is 6.07 Å². The Labute approximate surface area is 152 Å². The molecule has 0 saturated carbocycles. The number of nitrogens with zero attached hydrogens (tertiary/aromatic N) is 1. The van der Waals surface area contributed by atoms with Crippen LogP contribution in [0.3, 0.4) is 0 Å². The second kappa shape index (κ2) is 9.68. The number of guanidine groups is 1. The number of thiophene rings is 1.